The molecule has 0 atom stereocenters. The zero-order chi connectivity index (χ0) is 9.19. The second kappa shape index (κ2) is 3.38. The second-order valence-corrected chi connectivity index (χ2v) is 4.82. The Morgan fingerprint density at radius 2 is 1.92 bits per heavy atom. The van der Waals surface area contributed by atoms with Crippen LogP contribution in [0.15, 0.2) is 12.4 Å². The van der Waals surface area contributed by atoms with Crippen molar-refractivity contribution in [1.82, 2.24) is 9.80 Å². The van der Waals surface area contributed by atoms with Gasteiger partial charge in [0.1, 0.15) is 0 Å². The highest BCUT2D eigenvalue weighted by molar-refractivity contribution is 4.88. The lowest BCUT2D eigenvalue weighted by atomic mass is 9.92. The van der Waals surface area contributed by atoms with Gasteiger partial charge < -0.3 is 9.80 Å². The Hall–Kier alpha value is -0.660. The highest BCUT2D eigenvalue weighted by Gasteiger charge is 2.13. The quantitative estimate of drug-likeness (QED) is 0.623. The van der Waals surface area contributed by atoms with Crippen LogP contribution >= 0.6 is 0 Å². The summed E-state index contributed by atoms with van der Waals surface area (Å²) in [5, 5.41) is 0. The maximum absolute atomic E-state index is 2.35. The minimum absolute atomic E-state index is 0.453. The normalized spacial score (nSPS) is 17.7. The van der Waals surface area contributed by atoms with Crippen LogP contribution < -0.4 is 0 Å². The van der Waals surface area contributed by atoms with Crippen LogP contribution in [-0.4, -0.2) is 30.1 Å². The average molecular weight is 168 g/mol. The molecule has 0 unspecified atom stereocenters. The van der Waals surface area contributed by atoms with Crippen molar-refractivity contribution in [2.24, 2.45) is 5.41 Å². The molecular weight excluding hydrogens is 148 g/mol. The van der Waals surface area contributed by atoms with E-state index in [4.69, 9.17) is 0 Å². The van der Waals surface area contributed by atoms with E-state index >= 15 is 0 Å². The van der Waals surface area contributed by atoms with Gasteiger partial charge in [0.2, 0.25) is 0 Å². The van der Waals surface area contributed by atoms with E-state index in [1.54, 1.807) is 0 Å². The molecule has 0 aromatic heterocycles. The standard InChI is InChI=1S/C10H20N2/c1-10(2,3)5-6-12-8-7-11(4)9-12/h7-8H,5-6,9H2,1-4H3. The summed E-state index contributed by atoms with van der Waals surface area (Å²) < 4.78 is 0. The summed E-state index contributed by atoms with van der Waals surface area (Å²) in [6.07, 6.45) is 5.56. The third-order valence-corrected chi connectivity index (χ3v) is 2.09. The van der Waals surface area contributed by atoms with Crippen LogP contribution in [-0.2, 0) is 0 Å². The van der Waals surface area contributed by atoms with Gasteiger partial charge in [-0.15, -0.1) is 0 Å². The summed E-state index contributed by atoms with van der Waals surface area (Å²) in [5.41, 5.74) is 0.453. The zero-order valence-corrected chi connectivity index (χ0v) is 8.67. The fourth-order valence-electron chi connectivity index (χ4n) is 1.21. The number of hydrogen-bond donors (Lipinski definition) is 0. The summed E-state index contributed by atoms with van der Waals surface area (Å²) in [4.78, 5) is 4.55. The molecule has 2 heteroatoms. The van der Waals surface area contributed by atoms with Gasteiger partial charge in [-0.3, -0.25) is 0 Å². The minimum atomic E-state index is 0.453. The Labute approximate surface area is 75.8 Å². The summed E-state index contributed by atoms with van der Waals surface area (Å²) in [5.74, 6) is 0. The lowest BCUT2D eigenvalue weighted by molar-refractivity contribution is 0.251. The largest absolute Gasteiger partial charge is 0.362 e. The van der Waals surface area contributed by atoms with Crippen molar-refractivity contribution in [3.8, 4) is 0 Å². The fourth-order valence-corrected chi connectivity index (χ4v) is 1.21. The molecule has 1 rings (SSSR count). The van der Waals surface area contributed by atoms with Crippen LogP contribution in [0.1, 0.15) is 27.2 Å². The maximum atomic E-state index is 2.35. The van der Waals surface area contributed by atoms with Gasteiger partial charge in [0.05, 0.1) is 6.67 Å². The van der Waals surface area contributed by atoms with E-state index in [9.17, 15) is 0 Å². The molecule has 70 valence electrons. The lowest BCUT2D eigenvalue weighted by Gasteiger charge is -2.23. The predicted molar refractivity (Wildman–Crippen MR) is 52.5 cm³/mol. The van der Waals surface area contributed by atoms with Gasteiger partial charge in [0, 0.05) is 26.0 Å². The van der Waals surface area contributed by atoms with E-state index in [1.165, 1.54) is 13.0 Å². The second-order valence-electron chi connectivity index (χ2n) is 4.82. The fraction of sp³-hybridized carbons (Fsp3) is 0.800. The molecule has 0 N–H and O–H groups in total. The third-order valence-electron chi connectivity index (χ3n) is 2.09. The molecule has 0 bridgehead atoms. The molecule has 0 spiro atoms. The zero-order valence-electron chi connectivity index (χ0n) is 8.67. The highest BCUT2D eigenvalue weighted by Crippen LogP contribution is 2.19. The molecule has 0 fully saturated rings. The monoisotopic (exact) mass is 168 g/mol. The number of rotatable bonds is 2. The Kier molecular flexibility index (Phi) is 2.65. The Balaban J connectivity index is 2.21. The van der Waals surface area contributed by atoms with Gasteiger partial charge in [-0.05, 0) is 11.8 Å². The summed E-state index contributed by atoms with van der Waals surface area (Å²) >= 11 is 0. The first kappa shape index (κ1) is 9.43. The van der Waals surface area contributed by atoms with E-state index in [2.05, 4.69) is 50.0 Å². The Morgan fingerprint density at radius 1 is 1.25 bits per heavy atom. The minimum Gasteiger partial charge on any atom is -0.362 e. The van der Waals surface area contributed by atoms with Gasteiger partial charge in [0.15, 0.2) is 0 Å². The topological polar surface area (TPSA) is 6.48 Å². The number of nitrogens with zero attached hydrogens (tertiary/aromatic N) is 2. The molecule has 12 heavy (non-hydrogen) atoms. The van der Waals surface area contributed by atoms with Crippen molar-refractivity contribution >= 4 is 0 Å². The molecule has 1 aliphatic rings. The molecule has 0 saturated heterocycles. The summed E-state index contributed by atoms with van der Waals surface area (Å²) in [7, 11) is 2.10. The Morgan fingerprint density at radius 3 is 2.33 bits per heavy atom. The van der Waals surface area contributed by atoms with Crippen molar-refractivity contribution < 1.29 is 0 Å². The van der Waals surface area contributed by atoms with Crippen LogP contribution in [0, 0.1) is 5.41 Å². The first-order valence-corrected chi connectivity index (χ1v) is 4.60. The van der Waals surface area contributed by atoms with Gasteiger partial charge in [-0.25, -0.2) is 0 Å². The van der Waals surface area contributed by atoms with Crippen molar-refractivity contribution in [3.05, 3.63) is 12.4 Å². The van der Waals surface area contributed by atoms with Crippen LogP contribution in [0.2, 0.25) is 0 Å². The lowest BCUT2D eigenvalue weighted by Crippen LogP contribution is -2.25. The van der Waals surface area contributed by atoms with Gasteiger partial charge in [-0.2, -0.15) is 0 Å². The van der Waals surface area contributed by atoms with E-state index in [-0.39, 0.29) is 0 Å². The molecular formula is C10H20N2. The van der Waals surface area contributed by atoms with Crippen molar-refractivity contribution in [2.75, 3.05) is 20.3 Å². The summed E-state index contributed by atoms with van der Waals surface area (Å²) in [6, 6.07) is 0. The number of hydrogen-bond acceptors (Lipinski definition) is 2. The molecule has 0 aromatic rings. The first-order chi connectivity index (χ1) is 5.47. The van der Waals surface area contributed by atoms with E-state index in [1.807, 2.05) is 0 Å². The van der Waals surface area contributed by atoms with Gasteiger partial charge in [-0.1, -0.05) is 20.8 Å². The van der Waals surface area contributed by atoms with E-state index in [0.717, 1.165) is 6.67 Å². The van der Waals surface area contributed by atoms with Gasteiger partial charge in [0.25, 0.3) is 0 Å². The van der Waals surface area contributed by atoms with Crippen molar-refractivity contribution in [2.45, 2.75) is 27.2 Å². The molecule has 0 amide bonds. The molecule has 0 radical (unpaired) electrons. The molecule has 0 aliphatic carbocycles. The molecule has 0 saturated carbocycles. The van der Waals surface area contributed by atoms with Crippen LogP contribution in [0.5, 0.6) is 0 Å². The SMILES string of the molecule is CN1C=CN(CCC(C)(C)C)C1. The summed E-state index contributed by atoms with van der Waals surface area (Å²) in [6.45, 7) is 9.09. The molecule has 0 aromatic carbocycles. The molecule has 2 nitrogen and oxygen atoms in total. The predicted octanol–water partition coefficient (Wildman–Crippen LogP) is 2.10. The van der Waals surface area contributed by atoms with Gasteiger partial charge >= 0.3 is 0 Å². The third kappa shape index (κ3) is 3.16. The highest BCUT2D eigenvalue weighted by atomic mass is 15.3. The van der Waals surface area contributed by atoms with Crippen LogP contribution in [0.3, 0.4) is 0 Å². The van der Waals surface area contributed by atoms with E-state index < -0.39 is 0 Å². The molecule has 1 aliphatic heterocycles. The first-order valence-electron chi connectivity index (χ1n) is 4.60. The van der Waals surface area contributed by atoms with Crippen LogP contribution in [0.4, 0.5) is 0 Å². The molecule has 1 heterocycles. The average Bonchev–Trinajstić information content (AvgIpc) is 2.30. The smallest absolute Gasteiger partial charge is 0.0890 e. The van der Waals surface area contributed by atoms with Crippen molar-refractivity contribution in [3.63, 3.8) is 0 Å². The Bertz CT molecular complexity index is 167. The van der Waals surface area contributed by atoms with E-state index in [0.29, 0.717) is 5.41 Å². The van der Waals surface area contributed by atoms with Crippen LogP contribution in [0.25, 0.3) is 0 Å². The maximum Gasteiger partial charge on any atom is 0.0890 e. The van der Waals surface area contributed by atoms with Crippen molar-refractivity contribution in [1.29, 1.82) is 0 Å².